The third-order valence-corrected chi connectivity index (χ3v) is 5.06. The van der Waals surface area contributed by atoms with Crippen molar-refractivity contribution in [3.8, 4) is 0 Å². The van der Waals surface area contributed by atoms with Crippen molar-refractivity contribution in [2.24, 2.45) is 5.73 Å². The number of halogens is 1. The molecule has 0 aliphatic carbocycles. The summed E-state index contributed by atoms with van der Waals surface area (Å²) in [5.41, 5.74) is 5.50. The fourth-order valence-electron chi connectivity index (χ4n) is 2.34. The number of ether oxygens (including phenoxy) is 1. The SMILES string of the molecule is CCCCCCCCCCSC(CCCCN)C(=O)OC.Cl. The Kier molecular flexibility index (Phi) is 21.1. The molecule has 0 bridgehead atoms. The number of hydrogen-bond acceptors (Lipinski definition) is 4. The molecule has 0 aromatic rings. The van der Waals surface area contributed by atoms with Crippen LogP contribution >= 0.6 is 24.2 Å². The molecular weight excluding hydrogens is 318 g/mol. The first kappa shape index (κ1) is 24.3. The van der Waals surface area contributed by atoms with Gasteiger partial charge in [-0.3, -0.25) is 4.79 Å². The van der Waals surface area contributed by atoms with Crippen molar-refractivity contribution >= 4 is 30.1 Å². The lowest BCUT2D eigenvalue weighted by molar-refractivity contribution is -0.140. The molecule has 0 fully saturated rings. The Morgan fingerprint density at radius 1 is 1.00 bits per heavy atom. The molecule has 1 atom stereocenters. The molecule has 22 heavy (non-hydrogen) atoms. The highest BCUT2D eigenvalue weighted by molar-refractivity contribution is 8.00. The van der Waals surface area contributed by atoms with Crippen LogP contribution in [0.1, 0.15) is 77.6 Å². The summed E-state index contributed by atoms with van der Waals surface area (Å²) in [6, 6.07) is 0. The second kappa shape index (κ2) is 19.1. The highest BCUT2D eigenvalue weighted by Gasteiger charge is 2.18. The summed E-state index contributed by atoms with van der Waals surface area (Å²) >= 11 is 1.76. The number of rotatable bonds is 15. The van der Waals surface area contributed by atoms with Crippen LogP contribution in [0.2, 0.25) is 0 Å². The quantitative estimate of drug-likeness (QED) is 0.334. The number of esters is 1. The van der Waals surface area contributed by atoms with Crippen molar-refractivity contribution in [2.45, 2.75) is 82.8 Å². The van der Waals surface area contributed by atoms with E-state index >= 15 is 0 Å². The Balaban J connectivity index is 0. The van der Waals surface area contributed by atoms with Crippen molar-refractivity contribution in [3.63, 3.8) is 0 Å². The van der Waals surface area contributed by atoms with E-state index in [9.17, 15) is 4.79 Å². The summed E-state index contributed by atoms with van der Waals surface area (Å²) in [4.78, 5) is 11.7. The van der Waals surface area contributed by atoms with Crippen molar-refractivity contribution in [2.75, 3.05) is 19.4 Å². The molecule has 3 nitrogen and oxygen atoms in total. The molecule has 0 aliphatic rings. The zero-order chi connectivity index (χ0) is 15.8. The lowest BCUT2D eigenvalue weighted by atomic mass is 10.1. The van der Waals surface area contributed by atoms with E-state index in [0.29, 0.717) is 6.54 Å². The number of carbonyl (C=O) groups excluding carboxylic acids is 1. The standard InChI is InChI=1S/C17H35NO2S.ClH/c1-3-4-5-6-7-8-9-12-15-21-16(17(19)20-2)13-10-11-14-18;/h16H,3-15,18H2,1-2H3;1H. The number of nitrogens with two attached hydrogens (primary N) is 1. The number of methoxy groups -OCH3 is 1. The topological polar surface area (TPSA) is 52.3 Å². The Bertz CT molecular complexity index is 243. The number of hydrogen-bond donors (Lipinski definition) is 1. The zero-order valence-electron chi connectivity index (χ0n) is 14.5. The van der Waals surface area contributed by atoms with Gasteiger partial charge in [-0.15, -0.1) is 24.2 Å². The first-order valence-electron chi connectivity index (χ1n) is 8.65. The maximum atomic E-state index is 11.7. The normalized spacial score (nSPS) is 11.8. The molecule has 134 valence electrons. The minimum atomic E-state index is -0.0726. The Hall–Kier alpha value is 0.0700. The zero-order valence-corrected chi connectivity index (χ0v) is 16.1. The Morgan fingerprint density at radius 2 is 1.59 bits per heavy atom. The van der Waals surface area contributed by atoms with Gasteiger partial charge >= 0.3 is 5.97 Å². The van der Waals surface area contributed by atoms with E-state index in [0.717, 1.165) is 25.0 Å². The van der Waals surface area contributed by atoms with Crippen LogP contribution in [0.25, 0.3) is 0 Å². The average molecular weight is 354 g/mol. The van der Waals surface area contributed by atoms with E-state index in [1.165, 1.54) is 58.5 Å². The van der Waals surface area contributed by atoms with Gasteiger partial charge in [0.05, 0.1) is 7.11 Å². The molecule has 0 rings (SSSR count). The minimum Gasteiger partial charge on any atom is -0.468 e. The molecule has 2 N–H and O–H groups in total. The average Bonchev–Trinajstić information content (AvgIpc) is 2.51. The van der Waals surface area contributed by atoms with Crippen LogP contribution in [0, 0.1) is 0 Å². The largest absolute Gasteiger partial charge is 0.468 e. The molecule has 0 aliphatic heterocycles. The summed E-state index contributed by atoms with van der Waals surface area (Å²) in [6.07, 6.45) is 13.6. The third kappa shape index (κ3) is 15.0. The van der Waals surface area contributed by atoms with Gasteiger partial charge in [-0.1, -0.05) is 58.3 Å². The monoisotopic (exact) mass is 353 g/mol. The third-order valence-electron chi connectivity index (χ3n) is 3.70. The second-order valence-corrected chi connectivity index (χ2v) is 6.95. The fourth-order valence-corrected chi connectivity index (χ4v) is 3.56. The van der Waals surface area contributed by atoms with Crippen LogP contribution in [-0.4, -0.2) is 30.6 Å². The summed E-state index contributed by atoms with van der Waals surface area (Å²) < 4.78 is 4.89. The predicted octanol–water partition coefficient (Wildman–Crippen LogP) is 4.95. The maximum absolute atomic E-state index is 11.7. The molecule has 0 aromatic carbocycles. The summed E-state index contributed by atoms with van der Waals surface area (Å²) in [5.74, 6) is 0.994. The fraction of sp³-hybridized carbons (Fsp3) is 0.941. The van der Waals surface area contributed by atoms with Gasteiger partial charge in [0.15, 0.2) is 0 Å². The minimum absolute atomic E-state index is 0. The Labute approximate surface area is 147 Å². The van der Waals surface area contributed by atoms with Crippen molar-refractivity contribution < 1.29 is 9.53 Å². The second-order valence-electron chi connectivity index (χ2n) is 5.64. The van der Waals surface area contributed by atoms with E-state index in [1.54, 1.807) is 11.8 Å². The van der Waals surface area contributed by atoms with Gasteiger partial charge < -0.3 is 10.5 Å². The molecule has 0 spiro atoms. The molecule has 0 saturated heterocycles. The van der Waals surface area contributed by atoms with E-state index in [2.05, 4.69) is 6.92 Å². The lowest BCUT2D eigenvalue weighted by Crippen LogP contribution is -2.19. The van der Waals surface area contributed by atoms with Crippen LogP contribution in [0.4, 0.5) is 0 Å². The Morgan fingerprint density at radius 3 is 2.14 bits per heavy atom. The van der Waals surface area contributed by atoms with Crippen LogP contribution in [0.3, 0.4) is 0 Å². The van der Waals surface area contributed by atoms with Crippen molar-refractivity contribution in [1.29, 1.82) is 0 Å². The number of thioether (sulfide) groups is 1. The first-order chi connectivity index (χ1) is 10.3. The van der Waals surface area contributed by atoms with Gasteiger partial charge in [0.1, 0.15) is 5.25 Å². The van der Waals surface area contributed by atoms with Gasteiger partial charge in [-0.05, 0) is 31.6 Å². The summed E-state index contributed by atoms with van der Waals surface area (Å²) in [5, 5.41) is 0.00565. The molecule has 0 saturated carbocycles. The van der Waals surface area contributed by atoms with Crippen LogP contribution < -0.4 is 5.73 Å². The summed E-state index contributed by atoms with van der Waals surface area (Å²) in [6.45, 7) is 2.96. The first-order valence-corrected chi connectivity index (χ1v) is 9.70. The lowest BCUT2D eigenvalue weighted by Gasteiger charge is -2.13. The molecular formula is C17H36ClNO2S. The van der Waals surface area contributed by atoms with Crippen LogP contribution in [-0.2, 0) is 9.53 Å². The molecule has 1 unspecified atom stereocenters. The maximum Gasteiger partial charge on any atom is 0.318 e. The van der Waals surface area contributed by atoms with E-state index in [4.69, 9.17) is 10.5 Å². The molecule has 0 heterocycles. The van der Waals surface area contributed by atoms with Crippen molar-refractivity contribution in [1.82, 2.24) is 0 Å². The number of unbranched alkanes of at least 4 members (excludes halogenated alkanes) is 8. The highest BCUT2D eigenvalue weighted by Crippen LogP contribution is 2.21. The summed E-state index contributed by atoms with van der Waals surface area (Å²) in [7, 11) is 1.48. The van der Waals surface area contributed by atoms with Crippen LogP contribution in [0.5, 0.6) is 0 Å². The van der Waals surface area contributed by atoms with Gasteiger partial charge in [0.2, 0.25) is 0 Å². The predicted molar refractivity (Wildman–Crippen MR) is 101 cm³/mol. The highest BCUT2D eigenvalue weighted by atomic mass is 35.5. The van der Waals surface area contributed by atoms with Gasteiger partial charge in [0.25, 0.3) is 0 Å². The number of carbonyl (C=O) groups is 1. The molecule has 0 amide bonds. The molecule has 0 radical (unpaired) electrons. The molecule has 0 aromatic heterocycles. The molecule has 5 heteroatoms. The van der Waals surface area contributed by atoms with Gasteiger partial charge in [-0.25, -0.2) is 0 Å². The van der Waals surface area contributed by atoms with Gasteiger partial charge in [0, 0.05) is 0 Å². The van der Waals surface area contributed by atoms with E-state index in [1.807, 2.05) is 0 Å². The van der Waals surface area contributed by atoms with Gasteiger partial charge in [-0.2, -0.15) is 0 Å². The van der Waals surface area contributed by atoms with Crippen molar-refractivity contribution in [3.05, 3.63) is 0 Å². The smallest absolute Gasteiger partial charge is 0.318 e. The van der Waals surface area contributed by atoms with E-state index in [-0.39, 0.29) is 23.6 Å². The van der Waals surface area contributed by atoms with E-state index < -0.39 is 0 Å². The van der Waals surface area contributed by atoms with Crippen LogP contribution in [0.15, 0.2) is 0 Å².